The van der Waals surface area contributed by atoms with Crippen molar-refractivity contribution in [3.8, 4) is 0 Å². The maximum atomic E-state index is 14.6. The van der Waals surface area contributed by atoms with E-state index in [0.717, 1.165) is 31.4 Å². The number of imidazole rings is 1. The standard InChI is InChI=1S/C23H26ClF2N7O2/c24-13-8-15(26)17(9-14(13)25)30-23-31-18-10-28-22(29-16-2-1-3-19(16)34)32-21(18)33(23)12-6-4-11(5-7-12)20(27)35/h8-12,16,19,34H,1-7H2,(H2,27,35)(H,30,31)(H,28,29,32)/t11-,12+,16?,19-/m1/s1. The number of carbonyl (C=O) groups is 1. The number of amides is 1. The smallest absolute Gasteiger partial charge is 0.225 e. The molecule has 0 bridgehead atoms. The summed E-state index contributed by atoms with van der Waals surface area (Å²) in [7, 11) is 0. The van der Waals surface area contributed by atoms with Crippen molar-refractivity contribution in [1.82, 2.24) is 19.5 Å². The molecule has 9 nitrogen and oxygen atoms in total. The van der Waals surface area contributed by atoms with E-state index in [9.17, 15) is 18.7 Å². The molecule has 12 heteroatoms. The van der Waals surface area contributed by atoms with Gasteiger partial charge in [-0.25, -0.2) is 18.7 Å². The number of hydrogen-bond acceptors (Lipinski definition) is 7. The lowest BCUT2D eigenvalue weighted by molar-refractivity contribution is -0.122. The van der Waals surface area contributed by atoms with Crippen LogP contribution in [0.15, 0.2) is 18.3 Å². The zero-order chi connectivity index (χ0) is 24.7. The third-order valence-corrected chi connectivity index (χ3v) is 7.24. The van der Waals surface area contributed by atoms with Crippen LogP contribution < -0.4 is 16.4 Å². The van der Waals surface area contributed by atoms with Crippen molar-refractivity contribution in [3.05, 3.63) is 35.0 Å². The van der Waals surface area contributed by atoms with Crippen molar-refractivity contribution in [2.45, 2.75) is 63.1 Å². The number of benzene rings is 1. The van der Waals surface area contributed by atoms with Crippen molar-refractivity contribution in [3.63, 3.8) is 0 Å². The van der Waals surface area contributed by atoms with Gasteiger partial charge in [0.15, 0.2) is 5.65 Å². The van der Waals surface area contributed by atoms with E-state index in [2.05, 4.69) is 25.6 Å². The van der Waals surface area contributed by atoms with Crippen molar-refractivity contribution >= 4 is 46.3 Å². The average molecular weight is 506 g/mol. The lowest BCUT2D eigenvalue weighted by Crippen LogP contribution is -2.29. The lowest BCUT2D eigenvalue weighted by atomic mass is 9.85. The first-order chi connectivity index (χ1) is 16.8. The normalized spacial score (nSPS) is 24.6. The second-order valence-electron chi connectivity index (χ2n) is 9.24. The largest absolute Gasteiger partial charge is 0.391 e. The van der Waals surface area contributed by atoms with Crippen LogP contribution in [0.2, 0.25) is 5.02 Å². The van der Waals surface area contributed by atoms with Gasteiger partial charge in [0.1, 0.15) is 17.2 Å². The van der Waals surface area contributed by atoms with E-state index in [1.807, 2.05) is 4.57 Å². The van der Waals surface area contributed by atoms with Gasteiger partial charge in [0.2, 0.25) is 17.8 Å². The van der Waals surface area contributed by atoms with Gasteiger partial charge in [-0.1, -0.05) is 11.6 Å². The minimum atomic E-state index is -0.762. The molecule has 2 heterocycles. The van der Waals surface area contributed by atoms with E-state index in [0.29, 0.717) is 42.8 Å². The van der Waals surface area contributed by atoms with Gasteiger partial charge in [0, 0.05) is 18.0 Å². The fourth-order valence-corrected chi connectivity index (χ4v) is 5.18. The number of nitrogens with one attached hydrogen (secondary N) is 2. The maximum Gasteiger partial charge on any atom is 0.225 e. The minimum Gasteiger partial charge on any atom is -0.391 e. The Kier molecular flexibility index (Phi) is 6.45. The van der Waals surface area contributed by atoms with Crippen LogP contribution in [-0.4, -0.2) is 42.7 Å². The number of nitrogens with zero attached hydrogens (tertiary/aromatic N) is 4. The summed E-state index contributed by atoms with van der Waals surface area (Å²) >= 11 is 5.70. The lowest BCUT2D eigenvalue weighted by Gasteiger charge is -2.29. The van der Waals surface area contributed by atoms with Crippen LogP contribution in [0.4, 0.5) is 26.4 Å². The van der Waals surface area contributed by atoms with Gasteiger partial charge in [-0.15, -0.1) is 0 Å². The van der Waals surface area contributed by atoms with E-state index >= 15 is 0 Å². The summed E-state index contributed by atoms with van der Waals surface area (Å²) in [5, 5.41) is 15.9. The SMILES string of the molecule is NC(=O)[C@H]1CC[C@@H](n2c(Nc3cc(F)c(Cl)cc3F)nc3cnc(NC4CCC[C@H]4O)nc32)CC1. The number of rotatable bonds is 6. The Balaban J connectivity index is 1.53. The highest BCUT2D eigenvalue weighted by atomic mass is 35.5. The Hall–Kier alpha value is -3.05. The topological polar surface area (TPSA) is 131 Å². The Morgan fingerprint density at radius 1 is 1.11 bits per heavy atom. The molecule has 2 aliphatic rings. The molecule has 0 spiro atoms. The van der Waals surface area contributed by atoms with E-state index < -0.39 is 17.7 Å². The quantitative estimate of drug-likeness (QED) is 0.372. The average Bonchev–Trinajstić information content (AvgIpc) is 3.40. The fraction of sp³-hybridized carbons (Fsp3) is 0.478. The summed E-state index contributed by atoms with van der Waals surface area (Å²) < 4.78 is 30.5. The highest BCUT2D eigenvalue weighted by Crippen LogP contribution is 2.37. The third-order valence-electron chi connectivity index (χ3n) is 6.95. The molecule has 5 N–H and O–H groups in total. The van der Waals surface area contributed by atoms with Crippen LogP contribution in [0, 0.1) is 17.6 Å². The number of halogens is 3. The number of aliphatic hydroxyl groups is 1. The van der Waals surface area contributed by atoms with Gasteiger partial charge in [0.05, 0.1) is 29.1 Å². The van der Waals surface area contributed by atoms with Crippen LogP contribution in [0.25, 0.3) is 11.2 Å². The highest BCUT2D eigenvalue weighted by Gasteiger charge is 2.30. The van der Waals surface area contributed by atoms with Gasteiger partial charge in [-0.3, -0.25) is 9.36 Å². The van der Waals surface area contributed by atoms with Crippen LogP contribution in [0.1, 0.15) is 51.0 Å². The molecule has 0 aliphatic heterocycles. The Morgan fingerprint density at radius 2 is 1.89 bits per heavy atom. The molecule has 2 aromatic heterocycles. The first-order valence-corrected chi connectivity index (χ1v) is 12.1. The van der Waals surface area contributed by atoms with Crippen molar-refractivity contribution in [2.24, 2.45) is 11.7 Å². The Bertz CT molecular complexity index is 1260. The molecule has 0 radical (unpaired) electrons. The zero-order valence-corrected chi connectivity index (χ0v) is 19.6. The van der Waals surface area contributed by atoms with Crippen molar-refractivity contribution in [2.75, 3.05) is 10.6 Å². The van der Waals surface area contributed by atoms with Gasteiger partial charge in [-0.05, 0) is 51.0 Å². The number of fused-ring (bicyclic) bond motifs is 1. The van der Waals surface area contributed by atoms with Crippen LogP contribution in [0.3, 0.4) is 0 Å². The van der Waals surface area contributed by atoms with Crippen LogP contribution in [-0.2, 0) is 4.79 Å². The molecular formula is C23H26ClF2N7O2. The second kappa shape index (κ2) is 9.54. The first kappa shape index (κ1) is 23.7. The number of carbonyl (C=O) groups excluding carboxylic acids is 1. The summed E-state index contributed by atoms with van der Waals surface area (Å²) in [5.74, 6) is -1.38. The summed E-state index contributed by atoms with van der Waals surface area (Å²) in [5.41, 5.74) is 6.36. The first-order valence-electron chi connectivity index (χ1n) is 11.7. The molecule has 35 heavy (non-hydrogen) atoms. The molecule has 1 amide bonds. The Morgan fingerprint density at radius 3 is 2.57 bits per heavy atom. The predicted octanol–water partition coefficient (Wildman–Crippen LogP) is 4.04. The molecule has 1 unspecified atom stereocenters. The molecule has 2 fully saturated rings. The molecular weight excluding hydrogens is 480 g/mol. The predicted molar refractivity (Wildman–Crippen MR) is 127 cm³/mol. The van der Waals surface area contributed by atoms with Crippen LogP contribution in [0.5, 0.6) is 0 Å². The molecule has 2 atom stereocenters. The molecule has 5 rings (SSSR count). The number of nitrogens with two attached hydrogens (primary N) is 1. The van der Waals surface area contributed by atoms with E-state index in [1.54, 1.807) is 6.20 Å². The van der Waals surface area contributed by atoms with E-state index in [4.69, 9.17) is 17.3 Å². The van der Waals surface area contributed by atoms with Gasteiger partial charge < -0.3 is 21.5 Å². The fourth-order valence-electron chi connectivity index (χ4n) is 5.03. The highest BCUT2D eigenvalue weighted by molar-refractivity contribution is 6.30. The van der Waals surface area contributed by atoms with E-state index in [-0.39, 0.29) is 40.6 Å². The van der Waals surface area contributed by atoms with Crippen molar-refractivity contribution in [1.29, 1.82) is 0 Å². The number of primary amides is 1. The number of hydrogen-bond donors (Lipinski definition) is 4. The molecule has 1 aromatic carbocycles. The molecule has 2 aliphatic carbocycles. The maximum absolute atomic E-state index is 14.6. The minimum absolute atomic E-state index is 0.0990. The third kappa shape index (κ3) is 4.74. The summed E-state index contributed by atoms with van der Waals surface area (Å²) in [6.45, 7) is 0. The molecule has 0 saturated heterocycles. The molecule has 186 valence electrons. The van der Waals surface area contributed by atoms with E-state index in [1.165, 1.54) is 0 Å². The number of anilines is 3. The van der Waals surface area contributed by atoms with Crippen molar-refractivity contribution < 1.29 is 18.7 Å². The summed E-state index contributed by atoms with van der Waals surface area (Å²) in [6, 6.07) is 1.64. The second-order valence-corrected chi connectivity index (χ2v) is 9.64. The van der Waals surface area contributed by atoms with Gasteiger partial charge >= 0.3 is 0 Å². The molecule has 2 saturated carbocycles. The Labute approximate surface area is 205 Å². The monoisotopic (exact) mass is 505 g/mol. The van der Waals surface area contributed by atoms with Gasteiger partial charge in [-0.2, -0.15) is 4.98 Å². The zero-order valence-electron chi connectivity index (χ0n) is 18.8. The summed E-state index contributed by atoms with van der Waals surface area (Å²) in [4.78, 5) is 25.2. The number of aromatic nitrogens is 4. The van der Waals surface area contributed by atoms with Gasteiger partial charge in [0.25, 0.3) is 0 Å². The molecule has 3 aromatic rings. The summed E-state index contributed by atoms with van der Waals surface area (Å²) in [6.07, 6.45) is 6.02. The number of aliphatic hydroxyl groups excluding tert-OH is 1. The van der Waals surface area contributed by atoms with Crippen LogP contribution >= 0.6 is 11.6 Å².